The van der Waals surface area contributed by atoms with Crippen LogP contribution in [0, 0.1) is 11.8 Å². The van der Waals surface area contributed by atoms with Crippen molar-refractivity contribution < 1.29 is 14.7 Å². The molecule has 4 heteroatoms. The number of nitrogens with one attached hydrogen (secondary N) is 1. The van der Waals surface area contributed by atoms with Crippen LogP contribution in [0.2, 0.25) is 0 Å². The van der Waals surface area contributed by atoms with Crippen LogP contribution in [0.4, 0.5) is 0 Å². The van der Waals surface area contributed by atoms with Gasteiger partial charge >= 0.3 is 5.97 Å². The molecule has 0 unspecified atom stereocenters. The van der Waals surface area contributed by atoms with Gasteiger partial charge in [0.05, 0.1) is 5.92 Å². The Kier molecular flexibility index (Phi) is 4.52. The number of carboxylic acid groups (broad SMARTS) is 1. The van der Waals surface area contributed by atoms with Crippen molar-refractivity contribution in [2.45, 2.75) is 32.6 Å². The highest BCUT2D eigenvalue weighted by molar-refractivity contribution is 5.79. The molecule has 0 radical (unpaired) electrons. The number of rotatable bonds is 4. The Morgan fingerprint density at radius 2 is 1.75 bits per heavy atom. The van der Waals surface area contributed by atoms with Crippen molar-refractivity contribution >= 4 is 11.9 Å². The summed E-state index contributed by atoms with van der Waals surface area (Å²) in [7, 11) is 0. The first kappa shape index (κ1) is 12.7. The summed E-state index contributed by atoms with van der Waals surface area (Å²) >= 11 is 0. The molecule has 0 saturated heterocycles. The monoisotopic (exact) mass is 225 g/mol. The van der Waals surface area contributed by atoms with E-state index in [-0.39, 0.29) is 17.7 Å². The quantitative estimate of drug-likeness (QED) is 0.714. The maximum atomic E-state index is 11.7. The first-order valence-corrected chi connectivity index (χ1v) is 5.65. The van der Waals surface area contributed by atoms with Gasteiger partial charge in [-0.3, -0.25) is 9.59 Å². The van der Waals surface area contributed by atoms with Crippen molar-refractivity contribution in [3.8, 4) is 0 Å². The van der Waals surface area contributed by atoms with Gasteiger partial charge in [-0.1, -0.05) is 12.2 Å². The van der Waals surface area contributed by atoms with Gasteiger partial charge in [0.25, 0.3) is 0 Å². The van der Waals surface area contributed by atoms with E-state index in [0.717, 1.165) is 5.57 Å². The smallest absolute Gasteiger partial charge is 0.306 e. The second-order valence-electron chi connectivity index (χ2n) is 4.56. The average Bonchev–Trinajstić information content (AvgIpc) is 2.26. The van der Waals surface area contributed by atoms with Crippen molar-refractivity contribution in [3.63, 3.8) is 0 Å². The minimum atomic E-state index is -0.735. The zero-order valence-corrected chi connectivity index (χ0v) is 9.66. The summed E-state index contributed by atoms with van der Waals surface area (Å²) in [6, 6.07) is 0. The van der Waals surface area contributed by atoms with Gasteiger partial charge in [0, 0.05) is 12.5 Å². The Morgan fingerprint density at radius 1 is 1.25 bits per heavy atom. The van der Waals surface area contributed by atoms with Crippen LogP contribution in [-0.2, 0) is 9.59 Å². The molecular weight excluding hydrogens is 206 g/mol. The molecule has 90 valence electrons. The van der Waals surface area contributed by atoms with E-state index < -0.39 is 5.97 Å². The highest BCUT2D eigenvalue weighted by atomic mass is 16.4. The Labute approximate surface area is 95.7 Å². The van der Waals surface area contributed by atoms with Crippen LogP contribution >= 0.6 is 0 Å². The third-order valence-corrected chi connectivity index (χ3v) is 3.01. The molecule has 1 fully saturated rings. The summed E-state index contributed by atoms with van der Waals surface area (Å²) < 4.78 is 0. The van der Waals surface area contributed by atoms with Gasteiger partial charge in [-0.25, -0.2) is 0 Å². The molecule has 0 aromatic carbocycles. The molecular formula is C12H19NO3. The van der Waals surface area contributed by atoms with E-state index in [2.05, 4.69) is 11.9 Å². The number of carboxylic acids is 1. The fraction of sp³-hybridized carbons (Fsp3) is 0.667. The van der Waals surface area contributed by atoms with Crippen LogP contribution in [0.5, 0.6) is 0 Å². The number of aliphatic carboxylic acids is 1. The molecule has 1 saturated carbocycles. The molecule has 0 aromatic rings. The first-order valence-electron chi connectivity index (χ1n) is 5.65. The summed E-state index contributed by atoms with van der Waals surface area (Å²) in [6.45, 7) is 6.09. The number of amides is 1. The molecule has 0 heterocycles. The van der Waals surface area contributed by atoms with Crippen LogP contribution < -0.4 is 5.32 Å². The minimum absolute atomic E-state index is 0.0186. The fourth-order valence-electron chi connectivity index (χ4n) is 1.98. The highest BCUT2D eigenvalue weighted by Gasteiger charge is 2.29. The van der Waals surface area contributed by atoms with Crippen molar-refractivity contribution in [1.29, 1.82) is 0 Å². The SMILES string of the molecule is C=C(C)CNC(=O)C1CCC(C(=O)O)CC1. The fourth-order valence-corrected chi connectivity index (χ4v) is 1.98. The van der Waals surface area contributed by atoms with Crippen molar-refractivity contribution in [3.05, 3.63) is 12.2 Å². The van der Waals surface area contributed by atoms with Gasteiger partial charge in [0.1, 0.15) is 0 Å². The maximum absolute atomic E-state index is 11.7. The number of hydrogen-bond acceptors (Lipinski definition) is 2. The average molecular weight is 225 g/mol. The summed E-state index contributed by atoms with van der Waals surface area (Å²) in [6.07, 6.45) is 2.58. The van der Waals surface area contributed by atoms with Gasteiger partial charge in [-0.15, -0.1) is 0 Å². The summed E-state index contributed by atoms with van der Waals surface area (Å²) in [4.78, 5) is 22.4. The Balaban J connectivity index is 2.33. The zero-order chi connectivity index (χ0) is 12.1. The molecule has 1 aliphatic rings. The van der Waals surface area contributed by atoms with Gasteiger partial charge in [-0.2, -0.15) is 0 Å². The van der Waals surface area contributed by atoms with E-state index in [1.807, 2.05) is 6.92 Å². The number of carbonyl (C=O) groups excluding carboxylic acids is 1. The molecule has 1 rings (SSSR count). The standard InChI is InChI=1S/C12H19NO3/c1-8(2)7-13-11(14)9-3-5-10(6-4-9)12(15)16/h9-10H,1,3-7H2,2H3,(H,13,14)(H,15,16). The number of hydrogen-bond donors (Lipinski definition) is 2. The lowest BCUT2D eigenvalue weighted by Gasteiger charge is -2.25. The first-order chi connectivity index (χ1) is 7.50. The second kappa shape index (κ2) is 5.68. The lowest BCUT2D eigenvalue weighted by atomic mass is 9.81. The van der Waals surface area contributed by atoms with Gasteiger partial charge in [-0.05, 0) is 32.6 Å². The Morgan fingerprint density at radius 3 is 2.19 bits per heavy atom. The van der Waals surface area contributed by atoms with E-state index >= 15 is 0 Å². The molecule has 0 aliphatic heterocycles. The third kappa shape index (κ3) is 3.68. The molecule has 2 N–H and O–H groups in total. The van der Waals surface area contributed by atoms with Gasteiger partial charge in [0.2, 0.25) is 5.91 Å². The predicted molar refractivity (Wildman–Crippen MR) is 60.9 cm³/mol. The van der Waals surface area contributed by atoms with Crippen LogP contribution in [0.15, 0.2) is 12.2 Å². The van der Waals surface area contributed by atoms with Crippen LogP contribution in [0.25, 0.3) is 0 Å². The van der Waals surface area contributed by atoms with Crippen molar-refractivity contribution in [2.75, 3.05) is 6.54 Å². The van der Waals surface area contributed by atoms with Crippen molar-refractivity contribution in [2.24, 2.45) is 11.8 Å². The second-order valence-corrected chi connectivity index (χ2v) is 4.56. The van der Waals surface area contributed by atoms with Crippen LogP contribution in [-0.4, -0.2) is 23.5 Å². The highest BCUT2D eigenvalue weighted by Crippen LogP contribution is 2.28. The van der Waals surface area contributed by atoms with Crippen LogP contribution in [0.3, 0.4) is 0 Å². The summed E-state index contributed by atoms with van der Waals surface area (Å²) in [5, 5.41) is 11.6. The molecule has 0 aromatic heterocycles. The van der Waals surface area contributed by atoms with Gasteiger partial charge < -0.3 is 10.4 Å². The van der Waals surface area contributed by atoms with Gasteiger partial charge in [0.15, 0.2) is 0 Å². The summed E-state index contributed by atoms with van der Waals surface area (Å²) in [5.41, 5.74) is 0.924. The van der Waals surface area contributed by atoms with E-state index in [4.69, 9.17) is 5.11 Å². The Hall–Kier alpha value is -1.32. The lowest BCUT2D eigenvalue weighted by Crippen LogP contribution is -2.35. The molecule has 1 aliphatic carbocycles. The summed E-state index contributed by atoms with van der Waals surface area (Å²) in [5.74, 6) is -0.979. The molecule has 16 heavy (non-hydrogen) atoms. The molecule has 4 nitrogen and oxygen atoms in total. The zero-order valence-electron chi connectivity index (χ0n) is 9.66. The molecule has 1 amide bonds. The third-order valence-electron chi connectivity index (χ3n) is 3.01. The molecule has 0 spiro atoms. The largest absolute Gasteiger partial charge is 0.481 e. The molecule has 0 atom stereocenters. The lowest BCUT2D eigenvalue weighted by molar-refractivity contribution is -0.144. The van der Waals surface area contributed by atoms with Crippen LogP contribution in [0.1, 0.15) is 32.6 Å². The van der Waals surface area contributed by atoms with E-state index in [1.54, 1.807) is 0 Å². The normalized spacial score (nSPS) is 24.8. The van der Waals surface area contributed by atoms with E-state index in [0.29, 0.717) is 32.2 Å². The topological polar surface area (TPSA) is 66.4 Å². The number of carbonyl (C=O) groups is 2. The predicted octanol–water partition coefficient (Wildman–Crippen LogP) is 1.57. The Bertz CT molecular complexity index is 291. The van der Waals surface area contributed by atoms with E-state index in [1.165, 1.54) is 0 Å². The van der Waals surface area contributed by atoms with Crippen molar-refractivity contribution in [1.82, 2.24) is 5.32 Å². The molecule has 0 bridgehead atoms. The maximum Gasteiger partial charge on any atom is 0.306 e. The minimum Gasteiger partial charge on any atom is -0.481 e. The van der Waals surface area contributed by atoms with E-state index in [9.17, 15) is 9.59 Å².